The lowest BCUT2D eigenvalue weighted by Gasteiger charge is -2.11. The average Bonchev–Trinajstić information content (AvgIpc) is 3.30. The molecule has 150 valence electrons. The third kappa shape index (κ3) is 3.68. The van der Waals surface area contributed by atoms with E-state index in [1.807, 2.05) is 0 Å². The Labute approximate surface area is 170 Å². The monoisotopic (exact) mass is 406 g/mol. The molecule has 3 aromatic rings. The lowest BCUT2D eigenvalue weighted by Crippen LogP contribution is -2.30. The van der Waals surface area contributed by atoms with E-state index in [4.69, 9.17) is 0 Å². The van der Waals surface area contributed by atoms with E-state index in [1.54, 1.807) is 35.0 Å². The average molecular weight is 406 g/mol. The zero-order valence-corrected chi connectivity index (χ0v) is 15.5. The van der Waals surface area contributed by atoms with E-state index >= 15 is 0 Å². The first-order chi connectivity index (χ1) is 14.4. The highest BCUT2D eigenvalue weighted by molar-refractivity contribution is 6.13. The summed E-state index contributed by atoms with van der Waals surface area (Å²) >= 11 is 0. The number of carbonyl (C=O) groups is 2. The Kier molecular flexibility index (Phi) is 4.85. The van der Waals surface area contributed by atoms with Crippen molar-refractivity contribution in [3.63, 3.8) is 0 Å². The number of nitro groups is 1. The Morgan fingerprint density at radius 1 is 1.03 bits per heavy atom. The minimum Gasteiger partial charge on any atom is -0.317 e. The number of nitro benzene ring substituents is 1. The maximum Gasteiger partial charge on any atom is 0.329 e. The number of imide groups is 1. The van der Waals surface area contributed by atoms with Gasteiger partial charge in [0.25, 0.3) is 11.6 Å². The molecule has 3 amide bonds. The molecule has 2 heterocycles. The zero-order valence-electron chi connectivity index (χ0n) is 15.5. The van der Waals surface area contributed by atoms with Crippen molar-refractivity contribution < 1.29 is 18.9 Å². The van der Waals surface area contributed by atoms with Gasteiger partial charge < -0.3 is 9.88 Å². The van der Waals surface area contributed by atoms with Gasteiger partial charge in [-0.2, -0.15) is 0 Å². The first kappa shape index (κ1) is 19.1. The van der Waals surface area contributed by atoms with Crippen molar-refractivity contribution in [2.24, 2.45) is 0 Å². The number of halogens is 1. The maximum atomic E-state index is 13.1. The summed E-state index contributed by atoms with van der Waals surface area (Å²) in [5.74, 6) is -0.899. The fraction of sp³-hybridized carbons (Fsp3) is 0.0476. The number of rotatable bonds is 5. The molecule has 1 fully saturated rings. The lowest BCUT2D eigenvalue weighted by molar-refractivity contribution is -0.384. The molecular formula is C21H15FN4O4. The molecule has 0 saturated carbocycles. The van der Waals surface area contributed by atoms with Crippen molar-refractivity contribution in [3.05, 3.63) is 99.7 Å². The molecular weight excluding hydrogens is 391 g/mol. The van der Waals surface area contributed by atoms with Crippen LogP contribution in [0, 0.1) is 15.9 Å². The molecule has 1 aromatic heterocycles. The maximum absolute atomic E-state index is 13.1. The van der Waals surface area contributed by atoms with Gasteiger partial charge in [0.2, 0.25) is 0 Å². The molecule has 9 heteroatoms. The highest BCUT2D eigenvalue weighted by atomic mass is 19.1. The highest BCUT2D eigenvalue weighted by Crippen LogP contribution is 2.21. The fourth-order valence-corrected chi connectivity index (χ4v) is 3.12. The largest absolute Gasteiger partial charge is 0.329 e. The Morgan fingerprint density at radius 2 is 1.73 bits per heavy atom. The zero-order chi connectivity index (χ0) is 21.3. The fourth-order valence-electron chi connectivity index (χ4n) is 3.12. The second-order valence-electron chi connectivity index (χ2n) is 6.58. The summed E-state index contributed by atoms with van der Waals surface area (Å²) < 4.78 is 14.8. The van der Waals surface area contributed by atoms with E-state index in [2.05, 4.69) is 5.32 Å². The second-order valence-corrected chi connectivity index (χ2v) is 6.58. The summed E-state index contributed by atoms with van der Waals surface area (Å²) in [6, 6.07) is 14.5. The summed E-state index contributed by atoms with van der Waals surface area (Å²) in [6.07, 6.45) is 3.28. The molecule has 1 aliphatic heterocycles. The molecule has 0 spiro atoms. The number of hydrogen-bond acceptors (Lipinski definition) is 4. The van der Waals surface area contributed by atoms with Crippen LogP contribution >= 0.6 is 0 Å². The second kappa shape index (κ2) is 7.63. The SMILES string of the molecule is O=C1N/C(=C\c2cccn2-c2ccc([N+](=O)[O-])cc2)C(=O)N1Cc1ccc(F)cc1. The number of urea groups is 1. The van der Waals surface area contributed by atoms with Gasteiger partial charge in [0.15, 0.2) is 0 Å². The van der Waals surface area contributed by atoms with E-state index in [1.165, 1.54) is 42.5 Å². The summed E-state index contributed by atoms with van der Waals surface area (Å²) in [4.78, 5) is 36.3. The Morgan fingerprint density at radius 3 is 2.40 bits per heavy atom. The van der Waals surface area contributed by atoms with Crippen molar-refractivity contribution in [2.75, 3.05) is 0 Å². The molecule has 0 unspecified atom stereocenters. The predicted octanol–water partition coefficient (Wildman–Crippen LogP) is 3.62. The van der Waals surface area contributed by atoms with Crippen molar-refractivity contribution in [2.45, 2.75) is 6.54 Å². The number of nitrogens with zero attached hydrogens (tertiary/aromatic N) is 3. The number of carbonyl (C=O) groups excluding carboxylic acids is 2. The van der Waals surface area contributed by atoms with Crippen LogP contribution in [0.4, 0.5) is 14.9 Å². The van der Waals surface area contributed by atoms with E-state index in [0.717, 1.165) is 4.90 Å². The Bertz CT molecular complexity index is 1170. The van der Waals surface area contributed by atoms with Crippen LogP contribution in [-0.2, 0) is 11.3 Å². The Hall–Kier alpha value is -4.27. The number of nitrogens with one attached hydrogen (secondary N) is 1. The van der Waals surface area contributed by atoms with Crippen LogP contribution in [0.2, 0.25) is 0 Å². The molecule has 0 aliphatic carbocycles. The van der Waals surface area contributed by atoms with Crippen molar-refractivity contribution >= 4 is 23.7 Å². The van der Waals surface area contributed by atoms with Gasteiger partial charge in [-0.25, -0.2) is 9.18 Å². The van der Waals surface area contributed by atoms with Crippen LogP contribution in [0.5, 0.6) is 0 Å². The van der Waals surface area contributed by atoms with Crippen LogP contribution in [0.1, 0.15) is 11.3 Å². The molecule has 0 atom stereocenters. The molecule has 0 radical (unpaired) electrons. The van der Waals surface area contributed by atoms with Crippen LogP contribution < -0.4 is 5.32 Å². The van der Waals surface area contributed by atoms with Gasteiger partial charge in [0.1, 0.15) is 11.5 Å². The quantitative estimate of drug-likeness (QED) is 0.303. The van der Waals surface area contributed by atoms with E-state index in [-0.39, 0.29) is 17.9 Å². The van der Waals surface area contributed by atoms with Gasteiger partial charge in [0.05, 0.1) is 11.5 Å². The smallest absolute Gasteiger partial charge is 0.317 e. The third-order valence-corrected chi connectivity index (χ3v) is 4.63. The van der Waals surface area contributed by atoms with Gasteiger partial charge in [0, 0.05) is 29.7 Å². The van der Waals surface area contributed by atoms with Gasteiger partial charge in [-0.3, -0.25) is 19.8 Å². The normalized spacial score (nSPS) is 15.0. The van der Waals surface area contributed by atoms with Crippen LogP contribution in [-0.4, -0.2) is 26.3 Å². The van der Waals surface area contributed by atoms with Gasteiger partial charge >= 0.3 is 6.03 Å². The third-order valence-electron chi connectivity index (χ3n) is 4.63. The summed E-state index contributed by atoms with van der Waals surface area (Å²) in [5, 5.41) is 13.4. The summed E-state index contributed by atoms with van der Waals surface area (Å²) in [6.45, 7) is 0.0195. The number of amides is 3. The summed E-state index contributed by atoms with van der Waals surface area (Å²) in [7, 11) is 0. The Balaban J connectivity index is 1.58. The van der Waals surface area contributed by atoms with E-state index in [9.17, 15) is 24.1 Å². The standard InChI is InChI=1S/C21H15FN4O4/c22-15-5-3-14(4-6-15)13-25-20(27)19(23-21(25)28)12-18-2-1-11-24(18)16-7-9-17(10-8-16)26(29)30/h1-12H,13H2,(H,23,28)/b19-12-. The van der Waals surface area contributed by atoms with Gasteiger partial charge in [-0.05, 0) is 48.0 Å². The molecule has 1 aliphatic rings. The first-order valence-corrected chi connectivity index (χ1v) is 8.93. The first-order valence-electron chi connectivity index (χ1n) is 8.93. The van der Waals surface area contributed by atoms with Crippen molar-refractivity contribution in [1.29, 1.82) is 0 Å². The summed E-state index contributed by atoms with van der Waals surface area (Å²) in [5.41, 5.74) is 1.97. The number of non-ortho nitro benzene ring substituents is 1. The number of hydrogen-bond donors (Lipinski definition) is 1. The lowest BCUT2D eigenvalue weighted by atomic mass is 10.2. The van der Waals surface area contributed by atoms with Crippen molar-refractivity contribution in [3.8, 4) is 5.69 Å². The molecule has 1 N–H and O–H groups in total. The molecule has 4 rings (SSSR count). The number of aromatic nitrogens is 1. The minimum atomic E-state index is -0.566. The van der Waals surface area contributed by atoms with Crippen LogP contribution in [0.15, 0.2) is 72.6 Å². The molecule has 8 nitrogen and oxygen atoms in total. The molecule has 2 aromatic carbocycles. The number of benzene rings is 2. The highest BCUT2D eigenvalue weighted by Gasteiger charge is 2.33. The van der Waals surface area contributed by atoms with E-state index < -0.39 is 22.7 Å². The van der Waals surface area contributed by atoms with Gasteiger partial charge in [-0.1, -0.05) is 12.1 Å². The molecule has 0 bridgehead atoms. The predicted molar refractivity (Wildman–Crippen MR) is 106 cm³/mol. The van der Waals surface area contributed by atoms with Gasteiger partial charge in [-0.15, -0.1) is 0 Å². The molecule has 1 saturated heterocycles. The van der Waals surface area contributed by atoms with E-state index in [0.29, 0.717) is 16.9 Å². The van der Waals surface area contributed by atoms with Crippen LogP contribution in [0.25, 0.3) is 11.8 Å². The van der Waals surface area contributed by atoms with Crippen molar-refractivity contribution in [1.82, 2.24) is 14.8 Å². The minimum absolute atomic E-state index is 0.0195. The van der Waals surface area contributed by atoms with Crippen LogP contribution in [0.3, 0.4) is 0 Å². The molecule has 30 heavy (non-hydrogen) atoms. The topological polar surface area (TPSA) is 97.5 Å².